The Morgan fingerprint density at radius 3 is 2.41 bits per heavy atom. The van der Waals surface area contributed by atoms with E-state index in [1.54, 1.807) is 22.0 Å². The zero-order valence-corrected chi connectivity index (χ0v) is 29.9. The van der Waals surface area contributed by atoms with Gasteiger partial charge in [-0.3, -0.25) is 19.2 Å². The van der Waals surface area contributed by atoms with E-state index >= 15 is 0 Å². The van der Waals surface area contributed by atoms with E-state index in [0.717, 1.165) is 24.3 Å². The van der Waals surface area contributed by atoms with Gasteiger partial charge in [0.05, 0.1) is 24.0 Å². The third-order valence-electron chi connectivity index (χ3n) is 10.5. The molecule has 3 fully saturated rings. The van der Waals surface area contributed by atoms with E-state index in [9.17, 15) is 24.3 Å². The summed E-state index contributed by atoms with van der Waals surface area (Å²) in [5.74, 6) is -3.08. The van der Waals surface area contributed by atoms with Crippen molar-refractivity contribution < 1.29 is 33.8 Å². The lowest BCUT2D eigenvalue weighted by atomic mass is 9.70. The highest BCUT2D eigenvalue weighted by Crippen LogP contribution is 2.58. The van der Waals surface area contributed by atoms with Crippen LogP contribution in [0.3, 0.4) is 0 Å². The van der Waals surface area contributed by atoms with Crippen LogP contribution in [0.4, 0.5) is 11.4 Å². The van der Waals surface area contributed by atoms with Crippen LogP contribution in [0.5, 0.6) is 0 Å². The minimum atomic E-state index is -1.19. The van der Waals surface area contributed by atoms with Gasteiger partial charge >= 0.3 is 5.97 Å². The number of rotatable bonds is 19. The van der Waals surface area contributed by atoms with Crippen molar-refractivity contribution in [2.45, 2.75) is 76.2 Å². The first-order valence-electron chi connectivity index (χ1n) is 18.2. The monoisotopic (exact) mass is 700 g/mol. The summed E-state index contributed by atoms with van der Waals surface area (Å²) in [5, 5.41) is 12.6. The first-order valence-corrected chi connectivity index (χ1v) is 18.2. The van der Waals surface area contributed by atoms with Crippen molar-refractivity contribution in [2.75, 3.05) is 49.2 Å². The predicted octanol–water partition coefficient (Wildman–Crippen LogP) is 4.57. The van der Waals surface area contributed by atoms with Gasteiger partial charge in [-0.15, -0.1) is 13.2 Å². The number of fused-ring (bicyclic) bond motifs is 1. The van der Waals surface area contributed by atoms with Crippen molar-refractivity contribution in [3.8, 4) is 0 Å². The average Bonchev–Trinajstić information content (AvgIpc) is 3.79. The summed E-state index contributed by atoms with van der Waals surface area (Å²) in [6.45, 7) is 13.8. The lowest BCUT2D eigenvalue weighted by Gasteiger charge is -2.37. The Kier molecular flexibility index (Phi) is 12.7. The molecule has 2 bridgehead atoms. The van der Waals surface area contributed by atoms with Crippen molar-refractivity contribution in [3.63, 3.8) is 0 Å². The number of aliphatic hydroxyl groups excluding tert-OH is 1. The third-order valence-corrected chi connectivity index (χ3v) is 10.5. The zero-order chi connectivity index (χ0) is 36.5. The summed E-state index contributed by atoms with van der Waals surface area (Å²) < 4.78 is 12.2. The average molecular weight is 701 g/mol. The Labute approximate surface area is 301 Å². The molecule has 3 amide bonds. The van der Waals surface area contributed by atoms with E-state index in [4.69, 9.17) is 9.47 Å². The quantitative estimate of drug-likeness (QED) is 0.124. The van der Waals surface area contributed by atoms with E-state index in [2.05, 4.69) is 37.2 Å². The van der Waals surface area contributed by atoms with Gasteiger partial charge in [-0.2, -0.15) is 0 Å². The SMILES string of the molecule is C=CCCC(=O)OC[C@@H](NC(=O)[C@@H]1[C@H]2C(=O)N(CCCCO)[C@H](C(=O)N(CC=C)c3ccc(N(CC)CC)cc3)[C@]23CC[C@H]1O3)c1ccccc1. The number of amides is 3. The van der Waals surface area contributed by atoms with Crippen LogP contribution < -0.4 is 15.1 Å². The molecule has 0 saturated carbocycles. The number of benzene rings is 2. The van der Waals surface area contributed by atoms with Crippen LogP contribution in [0.15, 0.2) is 79.9 Å². The van der Waals surface area contributed by atoms with Gasteiger partial charge in [0.15, 0.2) is 0 Å². The first kappa shape index (κ1) is 37.8. The molecule has 2 aromatic rings. The Morgan fingerprint density at radius 1 is 1.06 bits per heavy atom. The maximum Gasteiger partial charge on any atom is 0.306 e. The standard InChI is InChI=1S/C40H52N4O7/c1-5-9-17-33(46)50-27-31(28-15-11-10-12-16-28)41-37(47)34-32-22-23-40(51-32)35(34)38(48)44(25-13-14-26-45)36(40)39(49)43(24-6-2)30-20-18-29(19-21-30)42(7-3)8-4/h5-6,10-12,15-16,18-21,31-32,34-36,45H,1-2,7-9,13-14,17,22-27H2,3-4H3,(H,41,47)/t31-,32-,34+,35+,36-,40+/m1/s1. The minimum Gasteiger partial charge on any atom is -0.463 e. The molecule has 6 atom stereocenters. The first-order chi connectivity index (χ1) is 24.7. The summed E-state index contributed by atoms with van der Waals surface area (Å²) in [5.41, 5.74) is 1.28. The topological polar surface area (TPSA) is 129 Å². The molecule has 3 saturated heterocycles. The van der Waals surface area contributed by atoms with Gasteiger partial charge in [-0.1, -0.05) is 42.5 Å². The van der Waals surface area contributed by atoms with Gasteiger partial charge in [-0.25, -0.2) is 0 Å². The number of carbonyl (C=O) groups is 4. The molecule has 51 heavy (non-hydrogen) atoms. The Balaban J connectivity index is 1.44. The molecule has 3 aliphatic rings. The maximum absolute atomic E-state index is 14.8. The van der Waals surface area contributed by atoms with Crippen LogP contribution in [-0.4, -0.2) is 90.8 Å². The van der Waals surface area contributed by atoms with Gasteiger partial charge in [-0.05, 0) is 75.8 Å². The molecular weight excluding hydrogens is 648 g/mol. The number of aliphatic hydroxyl groups is 1. The summed E-state index contributed by atoms with van der Waals surface area (Å²) in [6.07, 6.45) is 5.34. The number of allylic oxidation sites excluding steroid dienone is 1. The Bertz CT molecular complexity index is 1550. The number of hydrogen-bond acceptors (Lipinski definition) is 8. The van der Waals surface area contributed by atoms with Crippen molar-refractivity contribution >= 4 is 35.1 Å². The van der Waals surface area contributed by atoms with E-state index in [1.807, 2.05) is 54.6 Å². The van der Waals surface area contributed by atoms with Crippen LogP contribution >= 0.6 is 0 Å². The molecule has 11 nitrogen and oxygen atoms in total. The summed E-state index contributed by atoms with van der Waals surface area (Å²) in [7, 11) is 0. The van der Waals surface area contributed by atoms with Gasteiger partial charge in [0.1, 0.15) is 18.2 Å². The highest BCUT2D eigenvalue weighted by atomic mass is 16.5. The molecule has 0 aromatic heterocycles. The molecule has 1 spiro atoms. The number of ether oxygens (including phenoxy) is 2. The number of likely N-dealkylation sites (tertiary alicyclic amines) is 1. The lowest BCUT2D eigenvalue weighted by Crippen LogP contribution is -2.56. The summed E-state index contributed by atoms with van der Waals surface area (Å²) in [4.78, 5) is 61.5. The molecule has 11 heteroatoms. The molecule has 3 heterocycles. The highest BCUT2D eigenvalue weighted by Gasteiger charge is 2.74. The Hall–Kier alpha value is -4.48. The van der Waals surface area contributed by atoms with Crippen molar-refractivity contribution in [1.82, 2.24) is 10.2 Å². The van der Waals surface area contributed by atoms with E-state index in [-0.39, 0.29) is 50.4 Å². The fourth-order valence-electron chi connectivity index (χ4n) is 8.04. The number of unbranched alkanes of at least 4 members (excludes halogenated alkanes) is 1. The van der Waals surface area contributed by atoms with Gasteiger partial charge < -0.3 is 34.6 Å². The fourth-order valence-corrected chi connectivity index (χ4v) is 8.04. The van der Waals surface area contributed by atoms with E-state index in [1.165, 1.54) is 0 Å². The van der Waals surface area contributed by atoms with Gasteiger partial charge in [0.25, 0.3) is 5.91 Å². The number of nitrogens with one attached hydrogen (secondary N) is 1. The van der Waals surface area contributed by atoms with Gasteiger partial charge in [0, 0.05) is 50.6 Å². The molecule has 3 aliphatic heterocycles. The molecule has 274 valence electrons. The van der Waals surface area contributed by atoms with Crippen LogP contribution in [0.25, 0.3) is 0 Å². The molecule has 0 radical (unpaired) electrons. The third kappa shape index (κ3) is 7.74. The van der Waals surface area contributed by atoms with Crippen molar-refractivity contribution in [2.24, 2.45) is 11.8 Å². The summed E-state index contributed by atoms with van der Waals surface area (Å²) >= 11 is 0. The molecule has 0 aliphatic carbocycles. The van der Waals surface area contributed by atoms with Gasteiger partial charge in [0.2, 0.25) is 11.8 Å². The second-order valence-electron chi connectivity index (χ2n) is 13.4. The molecule has 2 N–H and O–H groups in total. The van der Waals surface area contributed by atoms with Crippen molar-refractivity contribution in [3.05, 3.63) is 85.5 Å². The predicted molar refractivity (Wildman–Crippen MR) is 196 cm³/mol. The highest BCUT2D eigenvalue weighted by molar-refractivity contribution is 6.05. The summed E-state index contributed by atoms with van der Waals surface area (Å²) in [6, 6.07) is 15.4. The molecule has 0 unspecified atom stereocenters. The number of esters is 1. The molecule has 2 aromatic carbocycles. The maximum atomic E-state index is 14.8. The largest absolute Gasteiger partial charge is 0.463 e. The Morgan fingerprint density at radius 2 is 1.76 bits per heavy atom. The van der Waals surface area contributed by atoms with Crippen molar-refractivity contribution in [1.29, 1.82) is 0 Å². The smallest absolute Gasteiger partial charge is 0.306 e. The van der Waals surface area contributed by atoms with Crippen LogP contribution in [-0.2, 0) is 28.7 Å². The lowest BCUT2D eigenvalue weighted by molar-refractivity contribution is -0.146. The zero-order valence-electron chi connectivity index (χ0n) is 29.9. The number of anilines is 2. The van der Waals surface area contributed by atoms with E-state index < -0.39 is 41.6 Å². The second-order valence-corrected chi connectivity index (χ2v) is 13.4. The van der Waals surface area contributed by atoms with Crippen LogP contribution in [0.2, 0.25) is 0 Å². The minimum absolute atomic E-state index is 0.0423. The van der Waals surface area contributed by atoms with Crippen LogP contribution in [0.1, 0.15) is 64.0 Å². The second kappa shape index (κ2) is 17.2. The number of hydrogen-bond donors (Lipinski definition) is 2. The normalized spacial score (nSPS) is 23.7. The van der Waals surface area contributed by atoms with Crippen LogP contribution in [0, 0.1) is 11.8 Å². The molecular formula is C40H52N4O7. The molecule has 5 rings (SSSR count). The number of nitrogens with zero attached hydrogens (tertiary/aromatic N) is 3. The fraction of sp³-hybridized carbons (Fsp3) is 0.500. The van der Waals surface area contributed by atoms with E-state index in [0.29, 0.717) is 37.8 Å². The number of carbonyl (C=O) groups excluding carboxylic acids is 4.